The zero-order valence-electron chi connectivity index (χ0n) is 15.3. The molecule has 1 aliphatic heterocycles. The van der Waals surface area contributed by atoms with E-state index in [1.54, 1.807) is 24.3 Å². The Hall–Kier alpha value is -3.68. The Labute approximate surface area is 161 Å². The highest BCUT2D eigenvalue weighted by molar-refractivity contribution is 5.96. The summed E-state index contributed by atoms with van der Waals surface area (Å²) in [4.78, 5) is 22.9. The van der Waals surface area contributed by atoms with E-state index in [2.05, 4.69) is 5.32 Å². The molecule has 0 spiro atoms. The smallest absolute Gasteiger partial charge is 0.219 e. The van der Waals surface area contributed by atoms with Gasteiger partial charge in [-0.05, 0) is 35.9 Å². The van der Waals surface area contributed by atoms with Gasteiger partial charge in [-0.15, -0.1) is 0 Å². The number of fused-ring (bicyclic) bond motifs is 1. The van der Waals surface area contributed by atoms with Crippen LogP contribution in [-0.4, -0.2) is 28.1 Å². The number of phenols is 2. The Morgan fingerprint density at radius 2 is 1.79 bits per heavy atom. The molecule has 8 nitrogen and oxygen atoms in total. The number of ketones is 1. The minimum absolute atomic E-state index is 0.104. The monoisotopic (exact) mass is 384 g/mol. The van der Waals surface area contributed by atoms with Crippen molar-refractivity contribution in [2.75, 3.05) is 0 Å². The molecule has 2 aromatic carbocycles. The molecule has 146 valence electrons. The number of ether oxygens (including phenoxy) is 2. The maximum Gasteiger partial charge on any atom is 0.219 e. The molecule has 3 rings (SSSR count). The molecule has 0 saturated carbocycles. The third kappa shape index (κ3) is 4.01. The van der Waals surface area contributed by atoms with Gasteiger partial charge in [0.1, 0.15) is 0 Å². The first-order valence-corrected chi connectivity index (χ1v) is 8.49. The van der Waals surface area contributed by atoms with Crippen molar-refractivity contribution in [2.24, 2.45) is 5.73 Å². The van der Waals surface area contributed by atoms with Crippen LogP contribution < -0.4 is 20.5 Å². The molecule has 0 bridgehead atoms. The molecule has 0 fully saturated rings. The average molecular weight is 384 g/mol. The molecular weight excluding hydrogens is 364 g/mol. The van der Waals surface area contributed by atoms with Gasteiger partial charge in [-0.3, -0.25) is 9.59 Å². The number of nitrogens with two attached hydrogens (primary N) is 1. The van der Waals surface area contributed by atoms with Crippen molar-refractivity contribution >= 4 is 17.8 Å². The zero-order chi connectivity index (χ0) is 20.4. The van der Waals surface area contributed by atoms with Crippen molar-refractivity contribution < 1.29 is 29.3 Å². The maximum absolute atomic E-state index is 11.6. The quantitative estimate of drug-likeness (QED) is 0.468. The number of carbonyl (C=O) groups excluding carboxylic acids is 2. The number of hydrogen-bond acceptors (Lipinski definition) is 7. The van der Waals surface area contributed by atoms with E-state index in [1.807, 2.05) is 0 Å². The Morgan fingerprint density at radius 3 is 2.43 bits per heavy atom. The Kier molecular flexibility index (Phi) is 5.12. The van der Waals surface area contributed by atoms with Crippen molar-refractivity contribution in [1.29, 1.82) is 0 Å². The second-order valence-corrected chi connectivity index (χ2v) is 6.39. The highest BCUT2D eigenvalue weighted by Gasteiger charge is 2.34. The SMILES string of the molecule is CC(=O)N[C@@H]1Oc2ccc(C=C(N)C(C)=O)cc2OC1c1ccc(O)c(O)c1. The lowest BCUT2D eigenvalue weighted by atomic mass is 10.0. The van der Waals surface area contributed by atoms with E-state index in [0.717, 1.165) is 0 Å². The lowest BCUT2D eigenvalue weighted by Gasteiger charge is -2.34. The lowest BCUT2D eigenvalue weighted by molar-refractivity contribution is -0.124. The van der Waals surface area contributed by atoms with E-state index < -0.39 is 12.3 Å². The summed E-state index contributed by atoms with van der Waals surface area (Å²) in [7, 11) is 0. The van der Waals surface area contributed by atoms with Gasteiger partial charge < -0.3 is 30.7 Å². The molecule has 1 unspecified atom stereocenters. The first-order chi connectivity index (χ1) is 13.2. The van der Waals surface area contributed by atoms with Crippen molar-refractivity contribution in [3.8, 4) is 23.0 Å². The summed E-state index contributed by atoms with van der Waals surface area (Å²) in [6, 6.07) is 9.22. The number of Topliss-reactive ketones (excluding diaryl/α,β-unsaturated/α-hetero) is 1. The Balaban J connectivity index is 1.99. The number of carbonyl (C=O) groups is 2. The van der Waals surface area contributed by atoms with Gasteiger partial charge in [0.05, 0.1) is 5.70 Å². The number of hydrogen-bond donors (Lipinski definition) is 4. The van der Waals surface area contributed by atoms with Crippen LogP contribution in [0.2, 0.25) is 0 Å². The summed E-state index contributed by atoms with van der Waals surface area (Å²) in [6.45, 7) is 2.72. The third-order valence-electron chi connectivity index (χ3n) is 4.15. The van der Waals surface area contributed by atoms with Crippen molar-refractivity contribution in [3.05, 3.63) is 53.2 Å². The van der Waals surface area contributed by atoms with E-state index in [4.69, 9.17) is 15.2 Å². The van der Waals surface area contributed by atoms with Gasteiger partial charge in [-0.2, -0.15) is 0 Å². The number of phenolic OH excluding ortho intramolecular Hbond substituents is 2. The normalized spacial score (nSPS) is 18.4. The van der Waals surface area contributed by atoms with Crippen LogP contribution in [0, 0.1) is 0 Å². The summed E-state index contributed by atoms with van der Waals surface area (Å²) in [5.41, 5.74) is 6.92. The maximum atomic E-state index is 11.6. The standard InChI is InChI=1S/C20H20N2O6/c1-10(23)14(21)7-12-3-6-17-18(8-12)27-19(20(28-17)22-11(2)24)13-4-5-15(25)16(26)9-13/h3-9,19-20,25-26H,21H2,1-2H3,(H,22,24)/t19?,20-/m1/s1. The van der Waals surface area contributed by atoms with E-state index in [9.17, 15) is 19.8 Å². The zero-order valence-corrected chi connectivity index (χ0v) is 15.3. The Bertz CT molecular complexity index is 969. The highest BCUT2D eigenvalue weighted by atomic mass is 16.6. The molecule has 28 heavy (non-hydrogen) atoms. The van der Waals surface area contributed by atoms with Crippen LogP contribution in [0.25, 0.3) is 6.08 Å². The minimum Gasteiger partial charge on any atom is -0.504 e. The predicted molar refractivity (Wildman–Crippen MR) is 101 cm³/mol. The molecule has 0 aromatic heterocycles. The van der Waals surface area contributed by atoms with E-state index >= 15 is 0 Å². The second kappa shape index (κ2) is 7.51. The summed E-state index contributed by atoms with van der Waals surface area (Å²) < 4.78 is 11.9. The molecule has 1 aliphatic rings. The molecule has 5 N–H and O–H groups in total. The van der Waals surface area contributed by atoms with Crippen molar-refractivity contribution in [3.63, 3.8) is 0 Å². The molecule has 0 radical (unpaired) electrons. The topological polar surface area (TPSA) is 131 Å². The molecule has 1 amide bonds. The molecule has 0 saturated heterocycles. The lowest BCUT2D eigenvalue weighted by Crippen LogP contribution is -2.46. The van der Waals surface area contributed by atoms with Gasteiger partial charge in [0, 0.05) is 19.4 Å². The van der Waals surface area contributed by atoms with Crippen LogP contribution in [0.4, 0.5) is 0 Å². The fourth-order valence-corrected chi connectivity index (χ4v) is 2.75. The number of aromatic hydroxyl groups is 2. The molecule has 1 heterocycles. The minimum atomic E-state index is -0.849. The average Bonchev–Trinajstić information content (AvgIpc) is 2.63. The summed E-state index contributed by atoms with van der Waals surface area (Å²) in [6.07, 6.45) is -0.113. The van der Waals surface area contributed by atoms with E-state index in [-0.39, 0.29) is 28.9 Å². The van der Waals surface area contributed by atoms with Gasteiger partial charge in [0.15, 0.2) is 34.9 Å². The van der Waals surface area contributed by atoms with Crippen LogP contribution in [0.3, 0.4) is 0 Å². The summed E-state index contributed by atoms with van der Waals surface area (Å²) in [5, 5.41) is 22.0. The number of amides is 1. The number of benzene rings is 2. The fraction of sp³-hybridized carbons (Fsp3) is 0.200. The number of allylic oxidation sites excluding steroid dienone is 1. The molecule has 0 aliphatic carbocycles. The Morgan fingerprint density at radius 1 is 1.04 bits per heavy atom. The first kappa shape index (κ1) is 19.1. The molecular formula is C20H20N2O6. The van der Waals surface area contributed by atoms with Crippen molar-refractivity contribution in [2.45, 2.75) is 26.2 Å². The van der Waals surface area contributed by atoms with Crippen LogP contribution in [0.5, 0.6) is 23.0 Å². The summed E-state index contributed by atoms with van der Waals surface area (Å²) in [5.74, 6) is -0.388. The largest absolute Gasteiger partial charge is 0.504 e. The van der Waals surface area contributed by atoms with Crippen molar-refractivity contribution in [1.82, 2.24) is 5.32 Å². The van der Waals surface area contributed by atoms with E-state index in [1.165, 1.54) is 32.1 Å². The molecule has 2 aromatic rings. The highest BCUT2D eigenvalue weighted by Crippen LogP contribution is 2.41. The summed E-state index contributed by atoms with van der Waals surface area (Å²) >= 11 is 0. The van der Waals surface area contributed by atoms with E-state index in [0.29, 0.717) is 22.6 Å². The predicted octanol–water partition coefficient (Wildman–Crippen LogP) is 1.96. The number of nitrogens with one attached hydrogen (secondary N) is 1. The number of rotatable bonds is 4. The van der Waals surface area contributed by atoms with Gasteiger partial charge in [0.2, 0.25) is 12.1 Å². The van der Waals surface area contributed by atoms with Crippen LogP contribution in [0.1, 0.15) is 31.1 Å². The second-order valence-electron chi connectivity index (χ2n) is 6.39. The fourth-order valence-electron chi connectivity index (χ4n) is 2.75. The van der Waals surface area contributed by atoms with Crippen LogP contribution in [-0.2, 0) is 9.59 Å². The third-order valence-corrected chi connectivity index (χ3v) is 4.15. The van der Waals surface area contributed by atoms with Gasteiger partial charge in [0.25, 0.3) is 0 Å². The first-order valence-electron chi connectivity index (χ1n) is 8.49. The van der Waals surface area contributed by atoms with Gasteiger partial charge in [-0.25, -0.2) is 0 Å². The van der Waals surface area contributed by atoms with Gasteiger partial charge in [-0.1, -0.05) is 12.1 Å². The van der Waals surface area contributed by atoms with Crippen LogP contribution in [0.15, 0.2) is 42.1 Å². The van der Waals surface area contributed by atoms with Crippen LogP contribution >= 0.6 is 0 Å². The molecule has 8 heteroatoms. The molecule has 2 atom stereocenters. The van der Waals surface area contributed by atoms with Gasteiger partial charge >= 0.3 is 0 Å².